The van der Waals surface area contributed by atoms with Crippen LogP contribution in [-0.4, -0.2) is 27.7 Å². The van der Waals surface area contributed by atoms with E-state index in [0.717, 1.165) is 32.4 Å². The van der Waals surface area contributed by atoms with Gasteiger partial charge in [-0.05, 0) is 85.8 Å². The molecule has 1 N–H and O–H groups in total. The fourth-order valence-electron chi connectivity index (χ4n) is 3.50. The Bertz CT molecular complexity index is 729. The number of hydrogen-bond acceptors (Lipinski definition) is 3. The maximum absolute atomic E-state index is 7.29. The van der Waals surface area contributed by atoms with Crippen LogP contribution in [0.25, 0.3) is 0 Å². The molecule has 0 radical (unpaired) electrons. The summed E-state index contributed by atoms with van der Waals surface area (Å²) in [5, 5.41) is 7.29. The summed E-state index contributed by atoms with van der Waals surface area (Å²) in [4.78, 5) is 6.31. The smallest absolute Gasteiger partial charge is 0.0949 e. The molecule has 25 heavy (non-hydrogen) atoms. The number of hydrogen-bond donors (Lipinski definition) is 1. The van der Waals surface area contributed by atoms with Crippen molar-refractivity contribution in [2.75, 3.05) is 7.05 Å². The summed E-state index contributed by atoms with van der Waals surface area (Å²) >= 11 is 0. The zero-order chi connectivity index (χ0) is 18.4. The van der Waals surface area contributed by atoms with Gasteiger partial charge >= 0.3 is 0 Å². The van der Waals surface area contributed by atoms with Crippen LogP contribution in [0.15, 0.2) is 31.5 Å². The van der Waals surface area contributed by atoms with Crippen LogP contribution in [0.3, 0.4) is 0 Å². The molecule has 134 valence electrons. The predicted molar refractivity (Wildman–Crippen MR) is 105 cm³/mol. The van der Waals surface area contributed by atoms with Crippen LogP contribution >= 0.6 is 0 Å². The molecule has 1 heterocycles. The molecule has 0 aliphatic rings. The SMILES string of the molecule is C=CN(C)Cc1c(C)c(CCCC=N)c(C)c(Cn2ccnc2)c1C. The average Bonchev–Trinajstić information content (AvgIpc) is 3.11. The lowest BCUT2D eigenvalue weighted by Gasteiger charge is -2.25. The van der Waals surface area contributed by atoms with Crippen LogP contribution in [0.2, 0.25) is 0 Å². The quantitative estimate of drug-likeness (QED) is 0.544. The monoisotopic (exact) mass is 338 g/mol. The van der Waals surface area contributed by atoms with Gasteiger partial charge in [-0.25, -0.2) is 4.98 Å². The molecule has 0 saturated heterocycles. The first kappa shape index (κ1) is 19.0. The Morgan fingerprint density at radius 1 is 1.16 bits per heavy atom. The minimum absolute atomic E-state index is 0.839. The van der Waals surface area contributed by atoms with Crippen molar-refractivity contribution in [1.82, 2.24) is 14.5 Å². The van der Waals surface area contributed by atoms with E-state index in [1.54, 1.807) is 0 Å². The van der Waals surface area contributed by atoms with Crippen molar-refractivity contribution in [2.45, 2.75) is 53.1 Å². The molecule has 0 unspecified atom stereocenters. The molecule has 0 bridgehead atoms. The van der Waals surface area contributed by atoms with Crippen molar-refractivity contribution in [3.05, 3.63) is 64.9 Å². The van der Waals surface area contributed by atoms with Crippen molar-refractivity contribution < 1.29 is 0 Å². The average molecular weight is 338 g/mol. The molecule has 0 saturated carbocycles. The third-order valence-electron chi connectivity index (χ3n) is 5.11. The fourth-order valence-corrected chi connectivity index (χ4v) is 3.50. The third-order valence-corrected chi connectivity index (χ3v) is 5.11. The molecule has 0 aliphatic carbocycles. The molecule has 0 spiro atoms. The van der Waals surface area contributed by atoms with Crippen LogP contribution in [-0.2, 0) is 19.5 Å². The Morgan fingerprint density at radius 2 is 1.84 bits per heavy atom. The molecule has 0 atom stereocenters. The molecule has 1 aromatic carbocycles. The topological polar surface area (TPSA) is 44.9 Å². The van der Waals surface area contributed by atoms with Gasteiger partial charge in [-0.2, -0.15) is 0 Å². The molecule has 4 heteroatoms. The van der Waals surface area contributed by atoms with Crippen molar-refractivity contribution in [1.29, 1.82) is 5.41 Å². The van der Waals surface area contributed by atoms with Crippen molar-refractivity contribution >= 4 is 6.21 Å². The number of nitrogens with one attached hydrogen (secondary N) is 1. The molecule has 0 aliphatic heterocycles. The summed E-state index contributed by atoms with van der Waals surface area (Å²) in [6.07, 6.45) is 12.0. The highest BCUT2D eigenvalue weighted by Gasteiger charge is 2.17. The lowest BCUT2D eigenvalue weighted by atomic mass is 9.86. The number of rotatable bonds is 9. The van der Waals surface area contributed by atoms with Gasteiger partial charge in [-0.1, -0.05) is 6.58 Å². The highest BCUT2D eigenvalue weighted by Crippen LogP contribution is 2.30. The van der Waals surface area contributed by atoms with Gasteiger partial charge in [0.15, 0.2) is 0 Å². The second-order valence-corrected chi connectivity index (χ2v) is 6.74. The van der Waals surface area contributed by atoms with Gasteiger partial charge in [0.05, 0.1) is 6.33 Å². The van der Waals surface area contributed by atoms with E-state index in [-0.39, 0.29) is 0 Å². The second kappa shape index (κ2) is 8.65. The molecule has 0 amide bonds. The summed E-state index contributed by atoms with van der Waals surface area (Å²) < 4.78 is 2.13. The van der Waals surface area contributed by atoms with Gasteiger partial charge in [0.1, 0.15) is 0 Å². The molecule has 0 fully saturated rings. The first-order chi connectivity index (χ1) is 12.0. The maximum Gasteiger partial charge on any atom is 0.0949 e. The molecule has 1 aromatic heterocycles. The van der Waals surface area contributed by atoms with Gasteiger partial charge in [-0.15, -0.1) is 0 Å². The zero-order valence-corrected chi connectivity index (χ0v) is 16.0. The minimum atomic E-state index is 0.839. The van der Waals surface area contributed by atoms with E-state index in [1.807, 2.05) is 24.9 Å². The van der Waals surface area contributed by atoms with E-state index in [2.05, 4.69) is 48.8 Å². The van der Waals surface area contributed by atoms with Gasteiger partial charge in [0, 0.05) is 32.5 Å². The van der Waals surface area contributed by atoms with Crippen LogP contribution in [0, 0.1) is 26.2 Å². The Kier molecular flexibility index (Phi) is 6.57. The number of aromatic nitrogens is 2. The number of benzene rings is 1. The highest BCUT2D eigenvalue weighted by molar-refractivity contribution is 5.54. The largest absolute Gasteiger partial charge is 0.377 e. The summed E-state index contributed by atoms with van der Waals surface area (Å²) in [5.74, 6) is 0. The normalized spacial score (nSPS) is 10.7. The maximum atomic E-state index is 7.29. The van der Waals surface area contributed by atoms with Gasteiger partial charge < -0.3 is 14.9 Å². The van der Waals surface area contributed by atoms with E-state index < -0.39 is 0 Å². The van der Waals surface area contributed by atoms with E-state index in [1.165, 1.54) is 39.6 Å². The van der Waals surface area contributed by atoms with Crippen LogP contribution in [0.1, 0.15) is 46.2 Å². The van der Waals surface area contributed by atoms with E-state index in [0.29, 0.717) is 0 Å². The Morgan fingerprint density at radius 3 is 2.44 bits per heavy atom. The summed E-state index contributed by atoms with van der Waals surface area (Å²) in [7, 11) is 2.07. The Hall–Kier alpha value is -2.36. The summed E-state index contributed by atoms with van der Waals surface area (Å²) in [6, 6.07) is 0. The van der Waals surface area contributed by atoms with Crippen molar-refractivity contribution in [2.24, 2.45) is 0 Å². The second-order valence-electron chi connectivity index (χ2n) is 6.74. The fraction of sp³-hybridized carbons (Fsp3) is 0.429. The van der Waals surface area contributed by atoms with Crippen LogP contribution < -0.4 is 0 Å². The molecule has 2 rings (SSSR count). The number of nitrogens with zero attached hydrogens (tertiary/aromatic N) is 3. The van der Waals surface area contributed by atoms with Gasteiger partial charge in [0.25, 0.3) is 0 Å². The standard InChI is InChI=1S/C21H30N4/c1-6-24(5)13-20-16(2)19(9-7-8-10-22)17(3)21(18(20)4)14-25-12-11-23-15-25/h6,10-12,15,22H,1,7-9,13-14H2,2-5H3. The van der Waals surface area contributed by atoms with Crippen molar-refractivity contribution in [3.63, 3.8) is 0 Å². The number of imidazole rings is 1. The van der Waals surface area contributed by atoms with E-state index in [4.69, 9.17) is 5.41 Å². The van der Waals surface area contributed by atoms with E-state index >= 15 is 0 Å². The molecular weight excluding hydrogens is 308 g/mol. The molecular formula is C21H30N4. The van der Waals surface area contributed by atoms with Crippen LogP contribution in [0.4, 0.5) is 0 Å². The van der Waals surface area contributed by atoms with Crippen molar-refractivity contribution in [3.8, 4) is 0 Å². The van der Waals surface area contributed by atoms with Gasteiger partial charge in [0.2, 0.25) is 0 Å². The van der Waals surface area contributed by atoms with E-state index in [9.17, 15) is 0 Å². The highest BCUT2D eigenvalue weighted by atomic mass is 15.1. The minimum Gasteiger partial charge on any atom is -0.377 e. The Balaban J connectivity index is 2.51. The predicted octanol–water partition coefficient (Wildman–Crippen LogP) is 4.40. The molecule has 4 nitrogen and oxygen atoms in total. The summed E-state index contributed by atoms with van der Waals surface area (Å²) in [6.45, 7) is 12.3. The molecule has 2 aromatic rings. The summed E-state index contributed by atoms with van der Waals surface area (Å²) in [5.41, 5.74) is 8.37. The first-order valence-electron chi connectivity index (χ1n) is 8.87. The lowest BCUT2D eigenvalue weighted by molar-refractivity contribution is 0.449. The first-order valence-corrected chi connectivity index (χ1v) is 8.87. The third kappa shape index (κ3) is 4.38. The van der Waals surface area contributed by atoms with Crippen LogP contribution in [0.5, 0.6) is 0 Å². The lowest BCUT2D eigenvalue weighted by Crippen LogP contribution is -2.16. The Labute approximate surface area is 151 Å². The number of unbranched alkanes of at least 4 members (excludes halogenated alkanes) is 1. The zero-order valence-electron chi connectivity index (χ0n) is 16.0. The van der Waals surface area contributed by atoms with Gasteiger partial charge in [-0.3, -0.25) is 0 Å².